The molecule has 0 aromatic rings. The van der Waals surface area contributed by atoms with E-state index in [2.05, 4.69) is 30.9 Å². The minimum absolute atomic E-state index is 0.0300. The predicted octanol–water partition coefficient (Wildman–Crippen LogP) is 6.12. The van der Waals surface area contributed by atoms with Gasteiger partial charge in [0.15, 0.2) is 0 Å². The van der Waals surface area contributed by atoms with Gasteiger partial charge in [-0.2, -0.15) is 0 Å². The van der Waals surface area contributed by atoms with Crippen LogP contribution in [0, 0.1) is 11.8 Å². The van der Waals surface area contributed by atoms with E-state index in [0.717, 1.165) is 25.9 Å². The molecule has 0 bridgehead atoms. The van der Waals surface area contributed by atoms with Crippen LogP contribution >= 0.6 is 0 Å². The summed E-state index contributed by atoms with van der Waals surface area (Å²) in [6, 6.07) is 0. The zero-order valence-corrected chi connectivity index (χ0v) is 16.4. The Morgan fingerprint density at radius 3 is 1.92 bits per heavy atom. The third-order valence-corrected chi connectivity index (χ3v) is 4.31. The Kier molecular flexibility index (Phi) is 17.2. The third kappa shape index (κ3) is 14.4. The fourth-order valence-corrected chi connectivity index (χ4v) is 2.66. The molecule has 0 fully saturated rings. The second-order valence-corrected chi connectivity index (χ2v) is 6.41. The molecule has 0 unspecified atom stereocenters. The number of rotatable bonds is 14. The molecule has 138 valence electrons. The highest BCUT2D eigenvalue weighted by atomic mass is 16.2. The number of carbonyl (C=O) groups is 1. The minimum atomic E-state index is -0.0300. The fraction of sp³-hybridized carbons (Fsp3) is 0.773. The van der Waals surface area contributed by atoms with E-state index in [1.54, 1.807) is 4.90 Å². The standard InChI is InChI=1S/C22H39NO/c1-4-7-8-9-10-11-12-13-14-15-16-17-18-19-20-21-22(24)23(5-2)6-3/h13-14H,4-12,15-19H2,1-3H3. The van der Waals surface area contributed by atoms with Gasteiger partial charge in [-0.3, -0.25) is 4.79 Å². The number of nitrogens with zero attached hydrogens (tertiary/aromatic N) is 1. The van der Waals surface area contributed by atoms with Crippen molar-refractivity contribution >= 4 is 5.91 Å². The first kappa shape index (κ1) is 22.8. The Labute approximate surface area is 151 Å². The first-order chi connectivity index (χ1) is 11.8. The molecule has 0 aromatic carbocycles. The van der Waals surface area contributed by atoms with Gasteiger partial charge in [0.1, 0.15) is 0 Å². The van der Waals surface area contributed by atoms with Crippen LogP contribution in [0.5, 0.6) is 0 Å². The molecule has 24 heavy (non-hydrogen) atoms. The summed E-state index contributed by atoms with van der Waals surface area (Å²) in [6.45, 7) is 7.73. The van der Waals surface area contributed by atoms with E-state index in [4.69, 9.17) is 0 Å². The molecule has 0 spiro atoms. The number of hydrogen-bond acceptors (Lipinski definition) is 1. The number of amides is 1. The van der Waals surface area contributed by atoms with Crippen molar-refractivity contribution in [1.82, 2.24) is 4.90 Å². The van der Waals surface area contributed by atoms with Gasteiger partial charge in [0, 0.05) is 19.5 Å². The van der Waals surface area contributed by atoms with Gasteiger partial charge in [0.2, 0.25) is 0 Å². The molecule has 0 aliphatic heterocycles. The predicted molar refractivity (Wildman–Crippen MR) is 106 cm³/mol. The average molecular weight is 334 g/mol. The third-order valence-electron chi connectivity index (χ3n) is 4.31. The van der Waals surface area contributed by atoms with Crippen LogP contribution < -0.4 is 0 Å². The lowest BCUT2D eigenvalue weighted by atomic mass is 10.1. The Hall–Kier alpha value is -1.23. The maximum atomic E-state index is 11.7. The monoisotopic (exact) mass is 333 g/mol. The first-order valence-electron chi connectivity index (χ1n) is 10.2. The zero-order valence-electron chi connectivity index (χ0n) is 16.4. The van der Waals surface area contributed by atoms with E-state index in [1.165, 1.54) is 64.2 Å². The van der Waals surface area contributed by atoms with Crippen LogP contribution in [0.3, 0.4) is 0 Å². The molecular weight excluding hydrogens is 294 g/mol. The smallest absolute Gasteiger partial charge is 0.298 e. The molecular formula is C22H39NO. The largest absolute Gasteiger partial charge is 0.332 e. The Morgan fingerprint density at radius 2 is 1.33 bits per heavy atom. The lowest BCUT2D eigenvalue weighted by Crippen LogP contribution is -2.29. The maximum absolute atomic E-state index is 11.7. The Bertz CT molecular complexity index is 371. The van der Waals surface area contributed by atoms with Crippen molar-refractivity contribution < 1.29 is 4.79 Å². The minimum Gasteiger partial charge on any atom is -0.332 e. The SMILES string of the molecule is CCCCCCCCC=CCCCCCC#CC(=O)N(CC)CC. The van der Waals surface area contributed by atoms with Crippen molar-refractivity contribution in [2.24, 2.45) is 0 Å². The van der Waals surface area contributed by atoms with Gasteiger partial charge in [-0.15, -0.1) is 0 Å². The highest BCUT2D eigenvalue weighted by molar-refractivity contribution is 5.93. The van der Waals surface area contributed by atoms with E-state index < -0.39 is 0 Å². The molecule has 2 heteroatoms. The van der Waals surface area contributed by atoms with Crippen molar-refractivity contribution in [2.45, 2.75) is 97.8 Å². The molecule has 0 aliphatic rings. The topological polar surface area (TPSA) is 20.3 Å². The molecule has 2 nitrogen and oxygen atoms in total. The lowest BCUT2D eigenvalue weighted by Gasteiger charge is -2.14. The molecule has 1 amide bonds. The summed E-state index contributed by atoms with van der Waals surface area (Å²) in [5.41, 5.74) is 0. The summed E-state index contributed by atoms with van der Waals surface area (Å²) < 4.78 is 0. The van der Waals surface area contributed by atoms with Crippen LogP contribution in [0.4, 0.5) is 0 Å². The van der Waals surface area contributed by atoms with E-state index in [9.17, 15) is 4.79 Å². The van der Waals surface area contributed by atoms with Crippen molar-refractivity contribution in [1.29, 1.82) is 0 Å². The van der Waals surface area contributed by atoms with Crippen LogP contribution in [0.15, 0.2) is 12.2 Å². The highest BCUT2D eigenvalue weighted by Gasteiger charge is 2.03. The quantitative estimate of drug-likeness (QED) is 0.213. The molecule has 0 N–H and O–H groups in total. The van der Waals surface area contributed by atoms with E-state index in [1.807, 2.05) is 13.8 Å². The summed E-state index contributed by atoms with van der Waals surface area (Å²) in [5, 5.41) is 0. The fourth-order valence-electron chi connectivity index (χ4n) is 2.66. The molecule has 0 saturated carbocycles. The number of hydrogen-bond donors (Lipinski definition) is 0. The molecule has 0 aliphatic carbocycles. The van der Waals surface area contributed by atoms with E-state index >= 15 is 0 Å². The zero-order chi connectivity index (χ0) is 17.9. The number of unbranched alkanes of at least 4 members (excludes halogenated alkanes) is 10. The summed E-state index contributed by atoms with van der Waals surface area (Å²) in [7, 11) is 0. The second-order valence-electron chi connectivity index (χ2n) is 6.41. The van der Waals surface area contributed by atoms with Crippen LogP contribution in [0.1, 0.15) is 97.8 Å². The molecule has 0 saturated heterocycles. The van der Waals surface area contributed by atoms with Gasteiger partial charge in [-0.05, 0) is 51.9 Å². The van der Waals surface area contributed by atoms with Crippen LogP contribution in [-0.4, -0.2) is 23.9 Å². The average Bonchev–Trinajstić information content (AvgIpc) is 2.59. The second kappa shape index (κ2) is 18.1. The summed E-state index contributed by atoms with van der Waals surface area (Å²) in [6.07, 6.45) is 19.7. The molecule has 0 aromatic heterocycles. The normalized spacial score (nSPS) is 10.6. The van der Waals surface area contributed by atoms with Gasteiger partial charge in [-0.1, -0.05) is 63.5 Å². The van der Waals surface area contributed by atoms with Crippen LogP contribution in [0.2, 0.25) is 0 Å². The van der Waals surface area contributed by atoms with Crippen LogP contribution in [-0.2, 0) is 4.79 Å². The molecule has 0 heterocycles. The molecule has 0 rings (SSSR count). The maximum Gasteiger partial charge on any atom is 0.298 e. The first-order valence-corrected chi connectivity index (χ1v) is 10.2. The van der Waals surface area contributed by atoms with Gasteiger partial charge < -0.3 is 4.90 Å². The Balaban J connectivity index is 3.42. The van der Waals surface area contributed by atoms with Crippen molar-refractivity contribution in [3.8, 4) is 11.8 Å². The van der Waals surface area contributed by atoms with Crippen LogP contribution in [0.25, 0.3) is 0 Å². The van der Waals surface area contributed by atoms with Crippen molar-refractivity contribution in [3.63, 3.8) is 0 Å². The Morgan fingerprint density at radius 1 is 0.792 bits per heavy atom. The number of carbonyl (C=O) groups excluding carboxylic acids is 1. The highest BCUT2D eigenvalue weighted by Crippen LogP contribution is 2.08. The number of allylic oxidation sites excluding steroid dienone is 2. The summed E-state index contributed by atoms with van der Waals surface area (Å²) in [5.74, 6) is 5.74. The summed E-state index contributed by atoms with van der Waals surface area (Å²) in [4.78, 5) is 13.4. The van der Waals surface area contributed by atoms with Gasteiger partial charge in [0.05, 0.1) is 0 Å². The van der Waals surface area contributed by atoms with Crippen molar-refractivity contribution in [3.05, 3.63) is 12.2 Å². The van der Waals surface area contributed by atoms with Crippen molar-refractivity contribution in [2.75, 3.05) is 13.1 Å². The van der Waals surface area contributed by atoms with Gasteiger partial charge in [-0.25, -0.2) is 0 Å². The lowest BCUT2D eigenvalue weighted by molar-refractivity contribution is -0.124. The van der Waals surface area contributed by atoms with E-state index in [-0.39, 0.29) is 5.91 Å². The van der Waals surface area contributed by atoms with Gasteiger partial charge in [0.25, 0.3) is 5.91 Å². The molecule has 0 atom stereocenters. The van der Waals surface area contributed by atoms with E-state index in [0.29, 0.717) is 0 Å². The molecule has 0 radical (unpaired) electrons. The van der Waals surface area contributed by atoms with Gasteiger partial charge >= 0.3 is 0 Å². The summed E-state index contributed by atoms with van der Waals surface area (Å²) >= 11 is 0.